The lowest BCUT2D eigenvalue weighted by molar-refractivity contribution is -0.354. The Morgan fingerprint density at radius 1 is 0.632 bits per heavy atom. The number of alkyl carbamates (subject to hydrolysis) is 1. The van der Waals surface area contributed by atoms with Gasteiger partial charge in [0.15, 0.2) is 12.6 Å². The van der Waals surface area contributed by atoms with E-state index in [0.717, 1.165) is 54.4 Å². The predicted octanol–water partition coefficient (Wildman–Crippen LogP) is 8.38. The number of hydrogen-bond donors (Lipinski definition) is 2. The summed E-state index contributed by atoms with van der Waals surface area (Å²) in [5, 5.41) is 15.2. The van der Waals surface area contributed by atoms with Crippen LogP contribution >= 0.6 is 0 Å². The van der Waals surface area contributed by atoms with Crippen LogP contribution in [0.4, 0.5) is 4.79 Å². The number of methoxy groups -OCH3 is 1. The average molecular weight is 940 g/mol. The normalized spacial score (nSPS) is 24.8. The van der Waals surface area contributed by atoms with Gasteiger partial charge in [-0.15, -0.1) is 0 Å². The van der Waals surface area contributed by atoms with Gasteiger partial charge in [0.25, 0.3) is 0 Å². The van der Waals surface area contributed by atoms with Gasteiger partial charge < -0.3 is 57.8 Å². The number of rotatable bonds is 28. The Labute approximate surface area is 401 Å². The molecule has 0 spiro atoms. The molecule has 2 fully saturated rings. The summed E-state index contributed by atoms with van der Waals surface area (Å²) in [4.78, 5) is 25.0. The van der Waals surface area contributed by atoms with Crippen LogP contribution in [0, 0.1) is 0 Å². The number of esters is 1. The molecule has 4 aromatic rings. The van der Waals surface area contributed by atoms with Crippen LogP contribution in [0.2, 0.25) is 0 Å². The van der Waals surface area contributed by atoms with E-state index >= 15 is 0 Å². The molecule has 2 aliphatic rings. The summed E-state index contributed by atoms with van der Waals surface area (Å²) in [5.41, 5.74) is 3.79. The first-order valence-corrected chi connectivity index (χ1v) is 23.8. The second kappa shape index (κ2) is 29.1. The molecular weight excluding hydrogens is 871 g/mol. The van der Waals surface area contributed by atoms with Gasteiger partial charge in [0, 0.05) is 13.0 Å². The van der Waals surface area contributed by atoms with Crippen molar-refractivity contribution in [3.63, 3.8) is 0 Å². The fourth-order valence-electron chi connectivity index (χ4n) is 8.21. The standard InChI is InChI=1S/C54H69NO13/c1-4-32-62-54(58)55-46-49(47(57)44(38-60-34-40-23-13-9-14-24-40)67-52(46)61-33-22-8-6-5-7-21-31-45(56)59-3)68-53-51(65-37-43-29-19-12-20-30-43)50(64-36-42-27-17-11-18-28-42)48(39(2)66-53)63-35-41-25-15-10-16-26-41/h4,9-20,23-30,39,44,46-53,57H,1,5-8,21-22,31-38H2,2-3H3,(H,55,58)/t39-,44+,46+,47+,48+,49+,50+,51-,52+,53-/m0/s1. The molecule has 0 unspecified atom stereocenters. The minimum Gasteiger partial charge on any atom is -0.469 e. The molecule has 14 heteroatoms. The number of aliphatic hydroxyl groups is 1. The van der Waals surface area contributed by atoms with Crippen molar-refractivity contribution in [2.45, 2.75) is 140 Å². The van der Waals surface area contributed by atoms with E-state index in [0.29, 0.717) is 12.8 Å². The molecule has 6 rings (SSSR count). The molecule has 2 saturated heterocycles. The smallest absolute Gasteiger partial charge is 0.407 e. The quantitative estimate of drug-likeness (QED) is 0.0318. The highest BCUT2D eigenvalue weighted by atomic mass is 16.7. The molecule has 2 N–H and O–H groups in total. The van der Waals surface area contributed by atoms with E-state index in [1.165, 1.54) is 13.2 Å². The number of carbonyl (C=O) groups excluding carboxylic acids is 2. The molecule has 2 heterocycles. The third kappa shape index (κ3) is 16.9. The van der Waals surface area contributed by atoms with Gasteiger partial charge in [-0.05, 0) is 42.0 Å². The van der Waals surface area contributed by atoms with Crippen LogP contribution in [0.3, 0.4) is 0 Å². The molecule has 0 saturated carbocycles. The van der Waals surface area contributed by atoms with Gasteiger partial charge in [-0.1, -0.05) is 160 Å². The summed E-state index contributed by atoms with van der Waals surface area (Å²) >= 11 is 0. The molecule has 14 nitrogen and oxygen atoms in total. The lowest BCUT2D eigenvalue weighted by Gasteiger charge is -2.49. The highest BCUT2D eigenvalue weighted by Gasteiger charge is 2.53. The first-order chi connectivity index (χ1) is 33.3. The Hall–Kier alpha value is -5.00. The van der Waals surface area contributed by atoms with E-state index in [1.54, 1.807) is 0 Å². The Balaban J connectivity index is 1.28. The summed E-state index contributed by atoms with van der Waals surface area (Å²) in [6.45, 7) is 6.75. The maximum atomic E-state index is 13.4. The van der Waals surface area contributed by atoms with Gasteiger partial charge >= 0.3 is 12.1 Å². The molecule has 0 aromatic heterocycles. The minimum absolute atomic E-state index is 0.0247. The largest absolute Gasteiger partial charge is 0.469 e. The number of aliphatic hydroxyl groups excluding tert-OH is 1. The fourth-order valence-corrected chi connectivity index (χ4v) is 8.21. The molecule has 1 amide bonds. The van der Waals surface area contributed by atoms with Gasteiger partial charge in [-0.25, -0.2) is 4.79 Å². The van der Waals surface area contributed by atoms with Crippen molar-refractivity contribution in [2.75, 3.05) is 26.9 Å². The molecule has 10 atom stereocenters. The molecule has 0 aliphatic carbocycles. The molecule has 4 aromatic carbocycles. The number of hydrogen-bond acceptors (Lipinski definition) is 13. The Morgan fingerprint density at radius 2 is 1.15 bits per heavy atom. The van der Waals surface area contributed by atoms with Crippen LogP contribution in [0.25, 0.3) is 0 Å². The third-order valence-corrected chi connectivity index (χ3v) is 11.8. The third-order valence-electron chi connectivity index (χ3n) is 11.8. The first kappa shape index (κ1) is 52.4. The highest BCUT2D eigenvalue weighted by Crippen LogP contribution is 2.35. The maximum absolute atomic E-state index is 13.4. The lowest BCUT2D eigenvalue weighted by atomic mass is 9.95. The van der Waals surface area contributed by atoms with Gasteiger partial charge in [-0.3, -0.25) is 4.79 Å². The second-order valence-electron chi connectivity index (χ2n) is 17.0. The van der Waals surface area contributed by atoms with Crippen molar-refractivity contribution in [3.8, 4) is 0 Å². The van der Waals surface area contributed by atoms with Gasteiger partial charge in [-0.2, -0.15) is 0 Å². The summed E-state index contributed by atoms with van der Waals surface area (Å²) in [7, 11) is 1.40. The van der Waals surface area contributed by atoms with Gasteiger partial charge in [0.05, 0.1) is 46.2 Å². The van der Waals surface area contributed by atoms with Crippen molar-refractivity contribution in [1.82, 2.24) is 5.32 Å². The number of benzene rings is 4. The molecule has 368 valence electrons. The number of unbranched alkanes of at least 4 members (excludes halogenated alkanes) is 5. The van der Waals surface area contributed by atoms with E-state index in [9.17, 15) is 14.7 Å². The van der Waals surface area contributed by atoms with E-state index in [-0.39, 0.29) is 52.2 Å². The van der Waals surface area contributed by atoms with E-state index in [2.05, 4.69) is 11.9 Å². The molecule has 2 aliphatic heterocycles. The van der Waals surface area contributed by atoms with Crippen LogP contribution in [0.5, 0.6) is 0 Å². The molecular formula is C54H69NO13. The van der Waals surface area contributed by atoms with Crippen molar-refractivity contribution < 1.29 is 62.1 Å². The Bertz CT molecular complexity index is 2010. The zero-order valence-corrected chi connectivity index (χ0v) is 39.4. The average Bonchev–Trinajstić information content (AvgIpc) is 3.37. The van der Waals surface area contributed by atoms with Crippen LogP contribution in [-0.2, 0) is 78.6 Å². The summed E-state index contributed by atoms with van der Waals surface area (Å²) < 4.78 is 63.3. The van der Waals surface area contributed by atoms with Crippen molar-refractivity contribution in [1.29, 1.82) is 0 Å². The SMILES string of the molecule is C=CCOC(=O)N[C@H]1[C@H](OCCCCCCCCC(=O)OC)O[C@H](COCc2ccccc2)[C@@H](O)[C@@H]1O[C@@H]1O[C@@H](C)[C@@H](OCc2ccccc2)[C@@H](OCc2ccccc2)[C@@H]1OCc1ccccc1. The summed E-state index contributed by atoms with van der Waals surface area (Å²) in [6.07, 6.45) is -2.46. The van der Waals surface area contributed by atoms with Crippen LogP contribution in [0.15, 0.2) is 134 Å². The van der Waals surface area contributed by atoms with Crippen molar-refractivity contribution in [3.05, 3.63) is 156 Å². The van der Waals surface area contributed by atoms with Crippen LogP contribution < -0.4 is 5.32 Å². The lowest BCUT2D eigenvalue weighted by Crippen LogP contribution is -2.68. The van der Waals surface area contributed by atoms with E-state index in [4.69, 9.17) is 47.4 Å². The summed E-state index contributed by atoms with van der Waals surface area (Å²) in [5.74, 6) is -0.202. The second-order valence-corrected chi connectivity index (χ2v) is 17.0. The fraction of sp³-hybridized carbons (Fsp3) is 0.481. The number of amides is 1. The number of ether oxygens (including phenoxy) is 10. The number of carbonyl (C=O) groups is 2. The topological polar surface area (TPSA) is 159 Å². The van der Waals surface area contributed by atoms with E-state index < -0.39 is 67.4 Å². The van der Waals surface area contributed by atoms with Crippen molar-refractivity contribution in [2.24, 2.45) is 0 Å². The molecule has 68 heavy (non-hydrogen) atoms. The first-order valence-electron chi connectivity index (χ1n) is 23.8. The van der Waals surface area contributed by atoms with Gasteiger partial charge in [0.2, 0.25) is 0 Å². The molecule has 0 bridgehead atoms. The predicted molar refractivity (Wildman–Crippen MR) is 254 cm³/mol. The maximum Gasteiger partial charge on any atom is 0.407 e. The highest BCUT2D eigenvalue weighted by molar-refractivity contribution is 5.69. The minimum atomic E-state index is -1.37. The molecule has 0 radical (unpaired) electrons. The number of nitrogens with one attached hydrogen (secondary N) is 1. The monoisotopic (exact) mass is 939 g/mol. The van der Waals surface area contributed by atoms with Crippen LogP contribution in [-0.4, -0.2) is 105 Å². The zero-order chi connectivity index (χ0) is 47.8. The summed E-state index contributed by atoms with van der Waals surface area (Å²) in [6, 6.07) is 38.1. The van der Waals surface area contributed by atoms with Crippen molar-refractivity contribution >= 4 is 12.1 Å². The Morgan fingerprint density at radius 3 is 1.71 bits per heavy atom. The van der Waals surface area contributed by atoms with Gasteiger partial charge in [0.1, 0.15) is 49.3 Å². The Kier molecular flexibility index (Phi) is 22.4. The van der Waals surface area contributed by atoms with E-state index in [1.807, 2.05) is 128 Å². The van der Waals surface area contributed by atoms with Crippen LogP contribution in [0.1, 0.15) is 74.1 Å². The zero-order valence-electron chi connectivity index (χ0n) is 39.4.